The van der Waals surface area contributed by atoms with Gasteiger partial charge >= 0.3 is 0 Å². The van der Waals surface area contributed by atoms with Gasteiger partial charge in [0.25, 0.3) is 10.0 Å². The van der Waals surface area contributed by atoms with Gasteiger partial charge in [-0.15, -0.1) is 0 Å². The van der Waals surface area contributed by atoms with E-state index in [1.54, 1.807) is 27.0 Å². The number of rotatable bonds is 3. The Labute approximate surface area is 116 Å². The summed E-state index contributed by atoms with van der Waals surface area (Å²) in [7, 11) is -2.03. The Hall–Kier alpha value is -1.60. The minimum Gasteiger partial charge on any atom is -0.271 e. The molecule has 0 aliphatic carbocycles. The molecule has 6 nitrogen and oxygen atoms in total. The summed E-state index contributed by atoms with van der Waals surface area (Å²) in [6.07, 6.45) is 1.43. The van der Waals surface area contributed by atoms with E-state index in [9.17, 15) is 8.42 Å². The molecule has 0 saturated heterocycles. The lowest BCUT2D eigenvalue weighted by atomic mass is 10.4. The predicted molar refractivity (Wildman–Crippen MR) is 72.7 cm³/mol. The monoisotopic (exact) mass is 300 g/mol. The molecule has 2 heterocycles. The number of sulfonamides is 1. The van der Waals surface area contributed by atoms with Gasteiger partial charge < -0.3 is 0 Å². The highest BCUT2D eigenvalue weighted by atomic mass is 35.5. The van der Waals surface area contributed by atoms with Crippen molar-refractivity contribution in [2.24, 2.45) is 7.05 Å². The lowest BCUT2D eigenvalue weighted by molar-refractivity contribution is 0.599. The summed E-state index contributed by atoms with van der Waals surface area (Å²) in [5, 5.41) is 4.50. The minimum absolute atomic E-state index is 0.164. The molecule has 0 atom stereocenters. The first-order chi connectivity index (χ1) is 8.81. The number of halogens is 1. The Balaban J connectivity index is 2.44. The zero-order valence-corrected chi connectivity index (χ0v) is 12.2. The molecular formula is C11H13ClN4O2S. The van der Waals surface area contributed by atoms with Gasteiger partial charge in [-0.1, -0.05) is 11.6 Å². The second-order valence-electron chi connectivity index (χ2n) is 4.09. The molecule has 0 aromatic carbocycles. The molecule has 2 rings (SSSR count). The Morgan fingerprint density at radius 1 is 1.37 bits per heavy atom. The molecule has 2 aromatic heterocycles. The van der Waals surface area contributed by atoms with Crippen molar-refractivity contribution < 1.29 is 8.42 Å². The van der Waals surface area contributed by atoms with E-state index >= 15 is 0 Å². The topological polar surface area (TPSA) is 76.9 Å². The summed E-state index contributed by atoms with van der Waals surface area (Å²) in [6.45, 7) is 3.34. The normalized spacial score (nSPS) is 11.6. The lowest BCUT2D eigenvalue weighted by Crippen LogP contribution is -2.15. The highest BCUT2D eigenvalue weighted by Gasteiger charge is 2.24. The molecule has 0 radical (unpaired) electrons. The van der Waals surface area contributed by atoms with Crippen LogP contribution in [0, 0.1) is 13.8 Å². The summed E-state index contributed by atoms with van der Waals surface area (Å²) in [5.74, 6) is 0.176. The highest BCUT2D eigenvalue weighted by Crippen LogP contribution is 2.22. The Morgan fingerprint density at radius 2 is 2.05 bits per heavy atom. The molecule has 0 unspecified atom stereocenters. The van der Waals surface area contributed by atoms with Crippen LogP contribution in [0.2, 0.25) is 5.02 Å². The Bertz CT molecular complexity index is 724. The van der Waals surface area contributed by atoms with Crippen LogP contribution in [0.3, 0.4) is 0 Å². The summed E-state index contributed by atoms with van der Waals surface area (Å²) < 4.78 is 28.6. The summed E-state index contributed by atoms with van der Waals surface area (Å²) in [5.41, 5.74) is 1.00. The standard InChI is InChI=1S/C11H13ClN4O2S/c1-7-11(8(2)16(3)14-7)19(17,18)15-10-6-9(12)4-5-13-10/h4-6H,1-3H3,(H,13,15). The molecule has 0 aliphatic heterocycles. The molecule has 2 aromatic rings. The van der Waals surface area contributed by atoms with E-state index in [0.717, 1.165) is 0 Å². The zero-order valence-electron chi connectivity index (χ0n) is 10.7. The second kappa shape index (κ2) is 4.82. The van der Waals surface area contributed by atoms with Crippen LogP contribution >= 0.6 is 11.6 Å². The number of pyridine rings is 1. The van der Waals surface area contributed by atoms with Crippen molar-refractivity contribution in [3.8, 4) is 0 Å². The van der Waals surface area contributed by atoms with Crippen LogP contribution in [0.15, 0.2) is 23.2 Å². The van der Waals surface area contributed by atoms with Crippen molar-refractivity contribution >= 4 is 27.4 Å². The quantitative estimate of drug-likeness (QED) is 0.939. The summed E-state index contributed by atoms with van der Waals surface area (Å²) in [4.78, 5) is 4.08. The van der Waals surface area contributed by atoms with Gasteiger partial charge in [0.05, 0.1) is 11.4 Å². The van der Waals surface area contributed by atoms with Crippen LogP contribution in [-0.4, -0.2) is 23.2 Å². The number of aromatic nitrogens is 3. The number of aryl methyl sites for hydroxylation is 2. The third-order valence-electron chi connectivity index (χ3n) is 2.67. The number of hydrogen-bond donors (Lipinski definition) is 1. The largest absolute Gasteiger partial charge is 0.271 e. The molecule has 0 amide bonds. The molecule has 8 heteroatoms. The third kappa shape index (κ3) is 2.71. The maximum atomic E-state index is 12.3. The fraction of sp³-hybridized carbons (Fsp3) is 0.273. The lowest BCUT2D eigenvalue weighted by Gasteiger charge is -2.07. The van der Waals surface area contributed by atoms with Gasteiger partial charge in [-0.2, -0.15) is 5.10 Å². The maximum Gasteiger partial charge on any atom is 0.266 e. The van der Waals surface area contributed by atoms with Gasteiger partial charge in [-0.3, -0.25) is 9.40 Å². The van der Waals surface area contributed by atoms with E-state index in [1.165, 1.54) is 16.9 Å². The predicted octanol–water partition coefficient (Wildman–Crippen LogP) is 1.89. The second-order valence-corrected chi connectivity index (χ2v) is 6.14. The van der Waals surface area contributed by atoms with Gasteiger partial charge in [0.1, 0.15) is 10.7 Å². The van der Waals surface area contributed by atoms with Crippen molar-refractivity contribution in [2.75, 3.05) is 4.72 Å². The molecule has 0 fully saturated rings. The Kier molecular flexibility index (Phi) is 3.51. The van der Waals surface area contributed by atoms with Crippen LogP contribution in [0.4, 0.5) is 5.82 Å². The van der Waals surface area contributed by atoms with Gasteiger partial charge in [-0.25, -0.2) is 13.4 Å². The highest BCUT2D eigenvalue weighted by molar-refractivity contribution is 7.92. The van der Waals surface area contributed by atoms with Gasteiger partial charge in [0.2, 0.25) is 0 Å². The van der Waals surface area contributed by atoms with Crippen LogP contribution < -0.4 is 4.72 Å². The molecule has 0 aliphatic rings. The average Bonchev–Trinajstić information content (AvgIpc) is 2.52. The number of anilines is 1. The average molecular weight is 301 g/mol. The molecule has 102 valence electrons. The van der Waals surface area contributed by atoms with Gasteiger partial charge in [-0.05, 0) is 19.9 Å². The van der Waals surface area contributed by atoms with E-state index < -0.39 is 10.0 Å². The van der Waals surface area contributed by atoms with E-state index in [-0.39, 0.29) is 10.7 Å². The van der Waals surface area contributed by atoms with Crippen LogP contribution in [0.5, 0.6) is 0 Å². The number of nitrogens with zero attached hydrogens (tertiary/aromatic N) is 3. The number of hydrogen-bond acceptors (Lipinski definition) is 4. The summed E-state index contributed by atoms with van der Waals surface area (Å²) in [6, 6.07) is 3.01. The fourth-order valence-electron chi connectivity index (χ4n) is 1.79. The van der Waals surface area contributed by atoms with Crippen molar-refractivity contribution in [2.45, 2.75) is 18.7 Å². The van der Waals surface area contributed by atoms with Crippen LogP contribution in [0.1, 0.15) is 11.4 Å². The first kappa shape index (κ1) is 13.8. The molecule has 1 N–H and O–H groups in total. The minimum atomic E-state index is -3.73. The SMILES string of the molecule is Cc1nn(C)c(C)c1S(=O)(=O)Nc1cc(Cl)ccn1. The first-order valence-corrected chi connectivity index (χ1v) is 7.32. The zero-order chi connectivity index (χ0) is 14.2. The van der Waals surface area contributed by atoms with Crippen molar-refractivity contribution in [3.63, 3.8) is 0 Å². The molecule has 0 bridgehead atoms. The molecule has 0 saturated carbocycles. The first-order valence-electron chi connectivity index (χ1n) is 5.46. The van der Waals surface area contributed by atoms with E-state index in [0.29, 0.717) is 16.4 Å². The molecule has 19 heavy (non-hydrogen) atoms. The van der Waals surface area contributed by atoms with Crippen molar-refractivity contribution in [1.29, 1.82) is 0 Å². The smallest absolute Gasteiger partial charge is 0.266 e. The maximum absolute atomic E-state index is 12.3. The molecular weight excluding hydrogens is 288 g/mol. The van der Waals surface area contributed by atoms with Crippen LogP contribution in [0.25, 0.3) is 0 Å². The van der Waals surface area contributed by atoms with Gasteiger partial charge in [0, 0.05) is 24.3 Å². The molecule has 0 spiro atoms. The third-order valence-corrected chi connectivity index (χ3v) is 4.51. The van der Waals surface area contributed by atoms with Crippen LogP contribution in [-0.2, 0) is 17.1 Å². The van der Waals surface area contributed by atoms with E-state index in [1.807, 2.05) is 0 Å². The van der Waals surface area contributed by atoms with Crippen molar-refractivity contribution in [3.05, 3.63) is 34.7 Å². The fourth-order valence-corrected chi connectivity index (χ4v) is 3.39. The van der Waals surface area contributed by atoms with Gasteiger partial charge in [0.15, 0.2) is 0 Å². The van der Waals surface area contributed by atoms with E-state index in [4.69, 9.17) is 11.6 Å². The van der Waals surface area contributed by atoms with Crippen molar-refractivity contribution in [1.82, 2.24) is 14.8 Å². The number of nitrogens with one attached hydrogen (secondary N) is 1. The van der Waals surface area contributed by atoms with E-state index in [2.05, 4.69) is 14.8 Å². The Morgan fingerprint density at radius 3 is 2.58 bits per heavy atom. The summed E-state index contributed by atoms with van der Waals surface area (Å²) >= 11 is 5.80.